The van der Waals surface area contributed by atoms with Crippen molar-refractivity contribution in [2.24, 2.45) is 10.7 Å². The number of rotatable bonds is 3. The van der Waals surface area contributed by atoms with Gasteiger partial charge in [-0.25, -0.2) is 14.6 Å². The molecule has 2 aliphatic rings. The van der Waals surface area contributed by atoms with Gasteiger partial charge in [0.15, 0.2) is 0 Å². The first-order chi connectivity index (χ1) is 9.31. The molecule has 1 saturated heterocycles. The molecule has 2 rings (SSSR count). The number of amidine groups is 1. The molecule has 2 aliphatic heterocycles. The summed E-state index contributed by atoms with van der Waals surface area (Å²) in [5, 5.41) is 5.58. The number of carbonyl (C=O) groups is 2. The second-order valence-electron chi connectivity index (χ2n) is 5.31. The molecule has 8 heteroatoms. The molecule has 2 amide bonds. The van der Waals surface area contributed by atoms with Crippen LogP contribution in [0.25, 0.3) is 0 Å². The van der Waals surface area contributed by atoms with Crippen LogP contribution in [0.3, 0.4) is 0 Å². The van der Waals surface area contributed by atoms with E-state index in [1.165, 1.54) is 17.2 Å². The molecule has 0 aliphatic carbocycles. The van der Waals surface area contributed by atoms with Crippen LogP contribution in [0.5, 0.6) is 0 Å². The lowest BCUT2D eigenvalue weighted by Crippen LogP contribution is -2.64. The molecule has 110 valence electrons. The van der Waals surface area contributed by atoms with E-state index >= 15 is 0 Å². The predicted octanol–water partition coefficient (Wildman–Crippen LogP) is -0.519. The number of nitrogens with two attached hydrogens (primary N) is 1. The lowest BCUT2D eigenvalue weighted by Gasteiger charge is -2.37. The number of aliphatic imine (C=N–C) groups is 1. The van der Waals surface area contributed by atoms with Gasteiger partial charge in [0.05, 0.1) is 12.1 Å². The number of nitrogens with one attached hydrogen (secondary N) is 2. The van der Waals surface area contributed by atoms with E-state index in [1.54, 1.807) is 6.92 Å². The maximum Gasteiger partial charge on any atom is 0.377 e. The number of nitrogens with zero attached hydrogens (tertiary/aromatic N) is 2. The molecule has 0 aromatic heterocycles. The third-order valence-corrected chi connectivity index (χ3v) is 3.02. The molecular weight excluding hydrogens is 262 g/mol. The highest BCUT2D eigenvalue weighted by Crippen LogP contribution is 2.26. The highest BCUT2D eigenvalue weighted by molar-refractivity contribution is 5.97. The minimum Gasteiger partial charge on any atom is -0.461 e. The van der Waals surface area contributed by atoms with Crippen molar-refractivity contribution in [3.05, 3.63) is 12.3 Å². The van der Waals surface area contributed by atoms with Crippen molar-refractivity contribution >= 4 is 17.8 Å². The molecule has 0 saturated carbocycles. The van der Waals surface area contributed by atoms with Gasteiger partial charge in [-0.3, -0.25) is 4.90 Å². The van der Waals surface area contributed by atoms with Crippen molar-refractivity contribution in [1.82, 2.24) is 15.5 Å². The Kier molecular flexibility index (Phi) is 3.33. The first-order valence-electron chi connectivity index (χ1n) is 6.37. The van der Waals surface area contributed by atoms with E-state index in [2.05, 4.69) is 15.6 Å². The van der Waals surface area contributed by atoms with E-state index in [0.717, 1.165) is 0 Å². The Hall–Kier alpha value is -2.25. The third-order valence-electron chi connectivity index (χ3n) is 3.02. The molecular formula is C12H19N5O3. The minimum atomic E-state index is -1.65. The van der Waals surface area contributed by atoms with E-state index < -0.39 is 23.3 Å². The highest BCUT2D eigenvalue weighted by Gasteiger charge is 2.54. The number of esters is 1. The lowest BCUT2D eigenvalue weighted by atomic mass is 10.1. The Morgan fingerprint density at radius 2 is 2.30 bits per heavy atom. The number of carbonyl (C=O) groups excluding carboxylic acids is 2. The zero-order chi connectivity index (χ0) is 15.0. The fraction of sp³-hybridized carbons (Fsp3) is 0.583. The molecule has 20 heavy (non-hydrogen) atoms. The standard InChI is InChI=1S/C12H19N5O3/c1-4-20-9(18)12(14-6-5-8(13)15-12)17-7-11(2,3)16-10(17)19/h5-6,14H,4,7H2,1-3H3,(H2,13,15)(H,16,19). The molecule has 0 aromatic rings. The number of amides is 2. The minimum absolute atomic E-state index is 0.148. The average molecular weight is 281 g/mol. The lowest BCUT2D eigenvalue weighted by molar-refractivity contribution is -0.157. The van der Waals surface area contributed by atoms with Crippen molar-refractivity contribution in [3.63, 3.8) is 0 Å². The molecule has 0 aromatic carbocycles. The van der Waals surface area contributed by atoms with Gasteiger partial charge in [-0.05, 0) is 26.8 Å². The molecule has 1 unspecified atom stereocenters. The highest BCUT2D eigenvalue weighted by atomic mass is 16.5. The molecule has 1 fully saturated rings. The molecule has 8 nitrogen and oxygen atoms in total. The summed E-state index contributed by atoms with van der Waals surface area (Å²) >= 11 is 0. The van der Waals surface area contributed by atoms with E-state index in [-0.39, 0.29) is 12.4 Å². The summed E-state index contributed by atoms with van der Waals surface area (Å²) in [6.07, 6.45) is 2.99. The van der Waals surface area contributed by atoms with Gasteiger partial charge in [0.25, 0.3) is 0 Å². The monoisotopic (exact) mass is 281 g/mol. The van der Waals surface area contributed by atoms with Crippen LogP contribution in [0.4, 0.5) is 4.79 Å². The third kappa shape index (κ3) is 2.28. The van der Waals surface area contributed by atoms with Crippen molar-refractivity contribution in [2.45, 2.75) is 32.1 Å². The van der Waals surface area contributed by atoms with E-state index in [0.29, 0.717) is 6.54 Å². The van der Waals surface area contributed by atoms with Gasteiger partial charge in [-0.15, -0.1) is 0 Å². The van der Waals surface area contributed by atoms with Crippen LogP contribution in [0.15, 0.2) is 17.3 Å². The van der Waals surface area contributed by atoms with Crippen molar-refractivity contribution in [2.75, 3.05) is 13.2 Å². The zero-order valence-corrected chi connectivity index (χ0v) is 11.8. The summed E-state index contributed by atoms with van der Waals surface area (Å²) in [4.78, 5) is 29.9. The number of hydrogen-bond donors (Lipinski definition) is 3. The van der Waals surface area contributed by atoms with E-state index in [9.17, 15) is 9.59 Å². The van der Waals surface area contributed by atoms with Crippen LogP contribution in [0.1, 0.15) is 20.8 Å². The van der Waals surface area contributed by atoms with Gasteiger partial charge < -0.3 is 21.1 Å². The Morgan fingerprint density at radius 1 is 1.60 bits per heavy atom. The summed E-state index contributed by atoms with van der Waals surface area (Å²) < 4.78 is 5.04. The second-order valence-corrected chi connectivity index (χ2v) is 5.31. The maximum atomic E-state index is 12.3. The molecule has 0 spiro atoms. The Balaban J connectivity index is 2.41. The van der Waals surface area contributed by atoms with Gasteiger partial charge >= 0.3 is 17.8 Å². The zero-order valence-electron chi connectivity index (χ0n) is 11.8. The fourth-order valence-electron chi connectivity index (χ4n) is 2.21. The van der Waals surface area contributed by atoms with Crippen molar-refractivity contribution in [3.8, 4) is 0 Å². The van der Waals surface area contributed by atoms with Crippen LogP contribution in [-0.2, 0) is 9.53 Å². The Bertz CT molecular complexity index is 499. The summed E-state index contributed by atoms with van der Waals surface area (Å²) in [5.41, 5.74) is 5.21. The van der Waals surface area contributed by atoms with Crippen LogP contribution >= 0.6 is 0 Å². The first-order valence-corrected chi connectivity index (χ1v) is 6.37. The van der Waals surface area contributed by atoms with Gasteiger partial charge in [-0.1, -0.05) is 0 Å². The van der Waals surface area contributed by atoms with E-state index in [1.807, 2.05) is 13.8 Å². The quantitative estimate of drug-likeness (QED) is 0.603. The van der Waals surface area contributed by atoms with Gasteiger partial charge in [0.1, 0.15) is 5.84 Å². The van der Waals surface area contributed by atoms with Crippen molar-refractivity contribution in [1.29, 1.82) is 0 Å². The number of urea groups is 1. The topological polar surface area (TPSA) is 109 Å². The Morgan fingerprint density at radius 3 is 2.80 bits per heavy atom. The maximum absolute atomic E-state index is 12.3. The molecule has 0 radical (unpaired) electrons. The first kappa shape index (κ1) is 14.2. The largest absolute Gasteiger partial charge is 0.461 e. The molecule has 2 heterocycles. The summed E-state index contributed by atoms with van der Waals surface area (Å²) in [6, 6.07) is -0.401. The summed E-state index contributed by atoms with van der Waals surface area (Å²) in [6.45, 7) is 5.87. The summed E-state index contributed by atoms with van der Waals surface area (Å²) in [5.74, 6) is -2.17. The van der Waals surface area contributed by atoms with Gasteiger partial charge in [0.2, 0.25) is 0 Å². The Labute approximate surface area is 117 Å². The van der Waals surface area contributed by atoms with Crippen LogP contribution in [0.2, 0.25) is 0 Å². The molecule has 4 N–H and O–H groups in total. The predicted molar refractivity (Wildman–Crippen MR) is 72.6 cm³/mol. The SMILES string of the molecule is CCOC(=O)C1(N2CC(C)(C)NC2=O)N=C(N)C=CN1. The second kappa shape index (κ2) is 4.69. The fourth-order valence-corrected chi connectivity index (χ4v) is 2.21. The van der Waals surface area contributed by atoms with Gasteiger partial charge in [0, 0.05) is 12.7 Å². The molecule has 0 bridgehead atoms. The normalized spacial score (nSPS) is 27.6. The van der Waals surface area contributed by atoms with Crippen molar-refractivity contribution < 1.29 is 14.3 Å². The molecule has 1 atom stereocenters. The van der Waals surface area contributed by atoms with Gasteiger partial charge in [-0.2, -0.15) is 0 Å². The van der Waals surface area contributed by atoms with Crippen LogP contribution in [-0.4, -0.2) is 47.2 Å². The van der Waals surface area contributed by atoms with Crippen LogP contribution in [0, 0.1) is 0 Å². The summed E-state index contributed by atoms with van der Waals surface area (Å²) in [7, 11) is 0. The number of hydrogen-bond acceptors (Lipinski definition) is 6. The van der Waals surface area contributed by atoms with Crippen LogP contribution < -0.4 is 16.4 Å². The number of ether oxygens (including phenoxy) is 1. The smallest absolute Gasteiger partial charge is 0.377 e. The van der Waals surface area contributed by atoms with E-state index in [4.69, 9.17) is 10.5 Å². The average Bonchev–Trinajstić information content (AvgIpc) is 2.63.